The first kappa shape index (κ1) is 33.8. The number of benzene rings is 6. The van der Waals surface area contributed by atoms with Crippen LogP contribution in [0.4, 0.5) is 0 Å². The monoisotopic (exact) mass is 781 g/mol. The maximum Gasteiger partial charge on any atom is 0.161 e. The predicted octanol–water partition coefficient (Wildman–Crippen LogP) is 12.5. The summed E-state index contributed by atoms with van der Waals surface area (Å²) in [7, 11) is -2.18. The van der Waals surface area contributed by atoms with Crippen LogP contribution in [-0.4, -0.2) is 22.6 Å². The largest absolute Gasteiger partial charge is 0.309 e. The molecule has 0 radical (unpaired) electrons. The first-order valence-corrected chi connectivity index (χ1v) is 24.1. The highest BCUT2D eigenvalue weighted by Crippen LogP contribution is 2.51. The summed E-state index contributed by atoms with van der Waals surface area (Å²) < 4.78 is 2.46. The van der Waals surface area contributed by atoms with Crippen molar-refractivity contribution < 1.29 is 0 Å². The second-order valence-corrected chi connectivity index (χ2v) is 21.5. The molecule has 13 rings (SSSR count). The Labute approximate surface area is 350 Å². The van der Waals surface area contributed by atoms with E-state index in [2.05, 4.69) is 200 Å². The molecule has 0 saturated heterocycles. The highest BCUT2D eigenvalue weighted by molar-refractivity contribution is 7.05. The first-order valence-electron chi connectivity index (χ1n) is 21.1. The second-order valence-electron chi connectivity index (χ2n) is 17.2. The van der Waals surface area contributed by atoms with Gasteiger partial charge >= 0.3 is 0 Å². The minimum absolute atomic E-state index is 0.198. The van der Waals surface area contributed by atoms with Gasteiger partial charge in [-0.2, -0.15) is 0 Å². The van der Waals surface area contributed by atoms with Crippen molar-refractivity contribution in [2.24, 2.45) is 5.92 Å². The molecule has 0 fully saturated rings. The summed E-state index contributed by atoms with van der Waals surface area (Å²) in [6.07, 6.45) is 19.5. The average molecular weight is 782 g/mol. The van der Waals surface area contributed by atoms with Gasteiger partial charge < -0.3 is 4.57 Å². The number of aromatic nitrogens is 3. The summed E-state index contributed by atoms with van der Waals surface area (Å²) in [6, 6.07) is 48.9. The molecule has 0 N–H and O–H groups in total. The highest BCUT2D eigenvalue weighted by Gasteiger charge is 2.40. The number of allylic oxidation sites excluding steroid dienone is 14. The van der Waals surface area contributed by atoms with E-state index >= 15 is 0 Å². The van der Waals surface area contributed by atoms with Crippen molar-refractivity contribution in [2.45, 2.75) is 19.5 Å². The molecular formula is C56H39N3Si. The Morgan fingerprint density at radius 3 is 2.27 bits per heavy atom. The molecule has 4 heteroatoms. The Morgan fingerprint density at radius 1 is 0.600 bits per heavy atom. The van der Waals surface area contributed by atoms with Crippen molar-refractivity contribution in [2.75, 3.05) is 0 Å². The molecule has 1 aliphatic heterocycles. The third-order valence-corrected chi connectivity index (χ3v) is 17.2. The lowest BCUT2D eigenvalue weighted by molar-refractivity contribution is 0.835. The van der Waals surface area contributed by atoms with E-state index in [1.54, 1.807) is 0 Å². The third-order valence-electron chi connectivity index (χ3n) is 13.7. The fraction of sp³-hybridized carbons (Fsp3) is 0.0714. The molecular weight excluding hydrogens is 743 g/mol. The number of rotatable bonds is 4. The van der Waals surface area contributed by atoms with Crippen molar-refractivity contribution in [3.63, 3.8) is 0 Å². The van der Waals surface area contributed by atoms with Crippen LogP contribution in [0.3, 0.4) is 0 Å². The summed E-state index contributed by atoms with van der Waals surface area (Å²) in [6.45, 7) is 5.07. The van der Waals surface area contributed by atoms with Crippen LogP contribution in [0.1, 0.15) is 12.1 Å². The van der Waals surface area contributed by atoms with Crippen molar-refractivity contribution in [3.05, 3.63) is 216 Å². The fourth-order valence-electron chi connectivity index (χ4n) is 11.1. The van der Waals surface area contributed by atoms with E-state index < -0.39 is 8.07 Å². The van der Waals surface area contributed by atoms with Crippen LogP contribution in [0.15, 0.2) is 210 Å². The lowest BCUT2D eigenvalue weighted by Gasteiger charge is -2.37. The Kier molecular flexibility index (Phi) is 7.00. The van der Waals surface area contributed by atoms with Gasteiger partial charge in [-0.1, -0.05) is 165 Å². The van der Waals surface area contributed by atoms with Gasteiger partial charge in [-0.3, -0.25) is 0 Å². The maximum absolute atomic E-state index is 5.68. The van der Waals surface area contributed by atoms with Crippen LogP contribution >= 0.6 is 0 Å². The molecule has 282 valence electrons. The zero-order chi connectivity index (χ0) is 39.7. The van der Waals surface area contributed by atoms with Gasteiger partial charge in [0.25, 0.3) is 0 Å². The van der Waals surface area contributed by atoms with Crippen LogP contribution in [0.5, 0.6) is 0 Å². The molecule has 6 aromatic carbocycles. The van der Waals surface area contributed by atoms with E-state index in [9.17, 15) is 0 Å². The zero-order valence-corrected chi connectivity index (χ0v) is 34.4. The number of fused-ring (bicyclic) bond motifs is 9. The number of para-hydroxylation sites is 2. The number of hydrogen-bond acceptors (Lipinski definition) is 2. The van der Waals surface area contributed by atoms with Crippen LogP contribution < -0.4 is 10.4 Å². The lowest BCUT2D eigenvalue weighted by Crippen LogP contribution is -2.49. The molecule has 5 aliphatic rings. The summed E-state index contributed by atoms with van der Waals surface area (Å²) in [4.78, 5) is 11.2. The molecule has 3 nitrogen and oxygen atoms in total. The van der Waals surface area contributed by atoms with Crippen molar-refractivity contribution in [1.29, 1.82) is 0 Å². The van der Waals surface area contributed by atoms with E-state index in [-0.39, 0.29) is 5.92 Å². The molecule has 0 amide bonds. The Hall–Kier alpha value is -7.14. The molecule has 0 bridgehead atoms. The first-order chi connectivity index (χ1) is 29.5. The third kappa shape index (κ3) is 4.65. The lowest BCUT2D eigenvalue weighted by atomic mass is 9.67. The smallest absolute Gasteiger partial charge is 0.161 e. The van der Waals surface area contributed by atoms with E-state index in [0.29, 0.717) is 0 Å². The Bertz CT molecular complexity index is 3460. The molecule has 1 unspecified atom stereocenters. The molecule has 60 heavy (non-hydrogen) atoms. The fourth-order valence-corrected chi connectivity index (χ4v) is 14.5. The van der Waals surface area contributed by atoms with Gasteiger partial charge in [0, 0.05) is 39.1 Å². The van der Waals surface area contributed by atoms with Crippen molar-refractivity contribution in [3.8, 4) is 39.5 Å². The van der Waals surface area contributed by atoms with Gasteiger partial charge in [-0.05, 0) is 96.9 Å². The second kappa shape index (κ2) is 12.4. The maximum atomic E-state index is 5.68. The van der Waals surface area contributed by atoms with E-state index in [1.165, 1.54) is 81.9 Å². The minimum atomic E-state index is -2.18. The molecule has 0 saturated carbocycles. The Morgan fingerprint density at radius 2 is 1.38 bits per heavy atom. The number of hydrogen-bond donors (Lipinski definition) is 0. The van der Waals surface area contributed by atoms with Gasteiger partial charge in [0.1, 0.15) is 8.07 Å². The number of nitrogens with zero attached hydrogens (tertiary/aromatic N) is 3. The predicted molar refractivity (Wildman–Crippen MR) is 253 cm³/mol. The molecule has 2 aromatic heterocycles. The van der Waals surface area contributed by atoms with Crippen molar-refractivity contribution in [1.82, 2.24) is 14.5 Å². The average Bonchev–Trinajstić information content (AvgIpc) is 3.76. The van der Waals surface area contributed by atoms with Crippen LogP contribution in [0, 0.1) is 5.92 Å². The summed E-state index contributed by atoms with van der Waals surface area (Å²) in [5, 5.41) is 8.11. The topological polar surface area (TPSA) is 30.7 Å². The van der Waals surface area contributed by atoms with E-state index in [0.717, 1.165) is 46.0 Å². The van der Waals surface area contributed by atoms with Gasteiger partial charge in [0.15, 0.2) is 5.82 Å². The van der Waals surface area contributed by atoms with Crippen LogP contribution in [0.25, 0.3) is 77.6 Å². The van der Waals surface area contributed by atoms with Gasteiger partial charge in [0.05, 0.1) is 22.4 Å². The molecule has 4 aliphatic carbocycles. The summed E-state index contributed by atoms with van der Waals surface area (Å²) in [5.74, 6) is 0.939. The molecule has 8 aromatic rings. The standard InChI is InChI=1S/C56H39N3Si/c1-60(2)50-23-12-10-20-40(50)43-31-30-42-45(32-49-53(54(42)55(43)60)44-21-9-11-22-48(44)59(49)38-18-7-4-8-19-38)56-57-46(34-14-5-3-6-15-34)33-47(58-56)39-28-26-37-25-24-35-16-13-17-36-27-29-41(39)52(37)51(35)36/h3-16,18-33,52H,17H2,1-2H3. The van der Waals surface area contributed by atoms with Crippen LogP contribution in [-0.2, 0) is 0 Å². The van der Waals surface area contributed by atoms with Crippen molar-refractivity contribution >= 4 is 56.6 Å². The summed E-state index contributed by atoms with van der Waals surface area (Å²) >= 11 is 0. The highest BCUT2D eigenvalue weighted by atomic mass is 28.3. The quantitative estimate of drug-likeness (QED) is 0.167. The van der Waals surface area contributed by atoms with Gasteiger partial charge in [-0.25, -0.2) is 9.97 Å². The summed E-state index contributed by atoms with van der Waals surface area (Å²) in [5.41, 5.74) is 18.2. The SMILES string of the molecule is C[Si]1(C)c2ccccc2-c2ccc3c(-c4nc(C5=CC=C6C=CC7=C8C(=CC=C5C68)CC=C7)cc(-c5ccccc5)n4)cc4c(c5ccccc5n4-c4ccccc4)c3c21. The molecule has 0 spiro atoms. The normalized spacial score (nSPS) is 17.9. The van der Waals surface area contributed by atoms with Gasteiger partial charge in [-0.15, -0.1) is 0 Å². The minimum Gasteiger partial charge on any atom is -0.309 e. The zero-order valence-electron chi connectivity index (χ0n) is 33.4. The van der Waals surface area contributed by atoms with Gasteiger partial charge in [0.2, 0.25) is 0 Å². The molecule has 3 heterocycles. The van der Waals surface area contributed by atoms with E-state index in [4.69, 9.17) is 9.97 Å². The Balaban J connectivity index is 1.14. The molecule has 1 atom stereocenters. The van der Waals surface area contributed by atoms with E-state index in [1.807, 2.05) is 0 Å². The van der Waals surface area contributed by atoms with Crippen LogP contribution in [0.2, 0.25) is 13.1 Å².